The van der Waals surface area contributed by atoms with E-state index < -0.39 is 5.91 Å². The molecule has 5 nitrogen and oxygen atoms in total. The summed E-state index contributed by atoms with van der Waals surface area (Å²) in [4.78, 5) is 24.2. The Bertz CT molecular complexity index is 1010. The number of benzene rings is 3. The molecule has 0 spiro atoms. The topological polar surface area (TPSA) is 78.4 Å². The first-order valence-corrected chi connectivity index (χ1v) is 8.91. The van der Waals surface area contributed by atoms with Crippen molar-refractivity contribution in [1.82, 2.24) is 10.8 Å². The third-order valence-corrected chi connectivity index (χ3v) is 4.28. The van der Waals surface area contributed by atoms with E-state index in [0.717, 1.165) is 11.1 Å². The van der Waals surface area contributed by atoms with Crippen LogP contribution >= 0.6 is 0 Å². The van der Waals surface area contributed by atoms with Crippen molar-refractivity contribution < 1.29 is 19.2 Å². The van der Waals surface area contributed by atoms with Crippen LogP contribution in [-0.2, 0) is 11.3 Å². The Morgan fingerprint density at radius 1 is 0.862 bits per heavy atom. The van der Waals surface area contributed by atoms with Gasteiger partial charge in [0, 0.05) is 17.7 Å². The van der Waals surface area contributed by atoms with Gasteiger partial charge < -0.3 is 5.32 Å². The first-order chi connectivity index (χ1) is 14.1. The molecule has 0 aliphatic heterocycles. The number of rotatable bonds is 6. The van der Waals surface area contributed by atoms with E-state index in [9.17, 15) is 14.0 Å². The Morgan fingerprint density at radius 3 is 2.14 bits per heavy atom. The zero-order valence-corrected chi connectivity index (χ0v) is 15.4. The summed E-state index contributed by atoms with van der Waals surface area (Å²) in [6, 6.07) is 21.6. The summed E-state index contributed by atoms with van der Waals surface area (Å²) < 4.78 is 13.2. The molecule has 0 bridgehead atoms. The maximum atomic E-state index is 13.2. The van der Waals surface area contributed by atoms with Gasteiger partial charge in [-0.3, -0.25) is 14.8 Å². The molecule has 3 aromatic carbocycles. The maximum Gasteiger partial charge on any atom is 0.274 e. The fourth-order valence-electron chi connectivity index (χ4n) is 2.74. The molecule has 2 amide bonds. The highest BCUT2D eigenvalue weighted by atomic mass is 19.1. The van der Waals surface area contributed by atoms with Crippen molar-refractivity contribution in [3.8, 4) is 0 Å². The van der Waals surface area contributed by atoms with Crippen molar-refractivity contribution in [3.05, 3.63) is 107 Å². The second-order valence-electron chi connectivity index (χ2n) is 6.30. The first kappa shape index (κ1) is 20.0. The van der Waals surface area contributed by atoms with Crippen LogP contribution in [-0.4, -0.2) is 17.0 Å². The molecule has 3 N–H and O–H groups in total. The number of nitrogens with one attached hydrogen (secondary N) is 2. The molecule has 0 aromatic heterocycles. The van der Waals surface area contributed by atoms with Crippen LogP contribution in [0, 0.1) is 5.82 Å². The number of carbonyl (C=O) groups is 2. The minimum Gasteiger partial charge on any atom is -0.348 e. The molecule has 0 unspecified atom stereocenters. The van der Waals surface area contributed by atoms with E-state index in [-0.39, 0.29) is 18.3 Å². The van der Waals surface area contributed by atoms with Gasteiger partial charge in [-0.15, -0.1) is 0 Å². The van der Waals surface area contributed by atoms with Crippen LogP contribution in [0.4, 0.5) is 4.39 Å². The van der Waals surface area contributed by atoms with Gasteiger partial charge in [0.05, 0.1) is 0 Å². The van der Waals surface area contributed by atoms with Crippen molar-refractivity contribution in [2.45, 2.75) is 6.54 Å². The molecule has 29 heavy (non-hydrogen) atoms. The number of halogens is 1. The molecule has 0 saturated carbocycles. The van der Waals surface area contributed by atoms with Gasteiger partial charge >= 0.3 is 0 Å². The molecular weight excluding hydrogens is 371 g/mol. The Hall–Kier alpha value is -3.77. The van der Waals surface area contributed by atoms with Crippen LogP contribution < -0.4 is 10.8 Å². The maximum absolute atomic E-state index is 13.2. The van der Waals surface area contributed by atoms with Crippen molar-refractivity contribution in [3.63, 3.8) is 0 Å². The van der Waals surface area contributed by atoms with Crippen LogP contribution in [0.3, 0.4) is 0 Å². The third kappa shape index (κ3) is 5.37. The van der Waals surface area contributed by atoms with Gasteiger partial charge in [0.25, 0.3) is 11.8 Å². The summed E-state index contributed by atoms with van der Waals surface area (Å²) in [6.07, 6.45) is 1.71. The Morgan fingerprint density at radius 2 is 1.52 bits per heavy atom. The molecular formula is C23H19FN2O3. The lowest BCUT2D eigenvalue weighted by Gasteiger charge is -2.10. The highest BCUT2D eigenvalue weighted by Crippen LogP contribution is 2.19. The largest absolute Gasteiger partial charge is 0.348 e. The number of hydrogen-bond acceptors (Lipinski definition) is 3. The summed E-state index contributed by atoms with van der Waals surface area (Å²) in [6.45, 7) is 0.257. The molecule has 0 aliphatic rings. The van der Waals surface area contributed by atoms with Gasteiger partial charge in [-0.05, 0) is 47.0 Å². The van der Waals surface area contributed by atoms with Crippen molar-refractivity contribution in [2.75, 3.05) is 0 Å². The fourth-order valence-corrected chi connectivity index (χ4v) is 2.74. The molecule has 0 aliphatic carbocycles. The predicted molar refractivity (Wildman–Crippen MR) is 108 cm³/mol. The zero-order valence-electron chi connectivity index (χ0n) is 15.4. The summed E-state index contributed by atoms with van der Waals surface area (Å²) in [7, 11) is 0. The number of hydrogen-bond donors (Lipinski definition) is 3. The van der Waals surface area contributed by atoms with Crippen molar-refractivity contribution in [1.29, 1.82) is 0 Å². The lowest BCUT2D eigenvalue weighted by Crippen LogP contribution is -2.24. The Labute approximate surface area is 167 Å². The van der Waals surface area contributed by atoms with Crippen LogP contribution in [0.25, 0.3) is 11.6 Å². The molecule has 0 atom stereocenters. The van der Waals surface area contributed by atoms with Gasteiger partial charge in [-0.1, -0.05) is 54.6 Å². The molecule has 0 fully saturated rings. The molecule has 0 radical (unpaired) electrons. The van der Waals surface area contributed by atoms with E-state index in [1.54, 1.807) is 48.0 Å². The number of carbonyl (C=O) groups excluding carboxylic acids is 2. The average molecular weight is 390 g/mol. The second kappa shape index (κ2) is 9.43. The summed E-state index contributed by atoms with van der Waals surface area (Å²) in [5.74, 6) is -1.22. The quantitative estimate of drug-likeness (QED) is 0.259. The van der Waals surface area contributed by atoms with E-state index >= 15 is 0 Å². The highest BCUT2D eigenvalue weighted by Gasteiger charge is 2.12. The van der Waals surface area contributed by atoms with Gasteiger partial charge in [0.2, 0.25) is 0 Å². The molecule has 6 heteroatoms. The standard InChI is InChI=1S/C23H19FN2O3/c24-20-12-8-16(9-13-20)14-21(18-4-2-1-3-5-18)23(28)25-15-17-6-10-19(11-7-17)22(27)26-29/h1-14,29H,15H2,(H,25,28)(H,26,27)/b21-14+. The third-order valence-electron chi connectivity index (χ3n) is 4.28. The average Bonchev–Trinajstić information content (AvgIpc) is 2.77. The van der Waals surface area contributed by atoms with Crippen LogP contribution in [0.1, 0.15) is 27.0 Å². The van der Waals surface area contributed by atoms with Crippen LogP contribution in [0.15, 0.2) is 78.9 Å². The fraction of sp³-hybridized carbons (Fsp3) is 0.0435. The predicted octanol–water partition coefficient (Wildman–Crippen LogP) is 3.80. The van der Waals surface area contributed by atoms with E-state index in [1.165, 1.54) is 12.1 Å². The molecule has 0 saturated heterocycles. The summed E-state index contributed by atoms with van der Waals surface area (Å²) in [5.41, 5.74) is 4.57. The lowest BCUT2D eigenvalue weighted by molar-refractivity contribution is -0.115. The first-order valence-electron chi connectivity index (χ1n) is 8.91. The molecule has 0 heterocycles. The smallest absolute Gasteiger partial charge is 0.274 e. The zero-order chi connectivity index (χ0) is 20.6. The van der Waals surface area contributed by atoms with E-state index in [0.29, 0.717) is 16.7 Å². The van der Waals surface area contributed by atoms with Crippen molar-refractivity contribution in [2.24, 2.45) is 0 Å². The van der Waals surface area contributed by atoms with Gasteiger partial charge in [-0.2, -0.15) is 0 Å². The second-order valence-corrected chi connectivity index (χ2v) is 6.30. The Kier molecular flexibility index (Phi) is 6.50. The minimum absolute atomic E-state index is 0.257. The minimum atomic E-state index is -0.603. The van der Waals surface area contributed by atoms with Crippen LogP contribution in [0.5, 0.6) is 0 Å². The van der Waals surface area contributed by atoms with Gasteiger partial charge in [0.15, 0.2) is 0 Å². The lowest BCUT2D eigenvalue weighted by atomic mass is 10.0. The molecule has 3 rings (SSSR count). The van der Waals surface area contributed by atoms with E-state index in [2.05, 4.69) is 5.32 Å². The van der Waals surface area contributed by atoms with Gasteiger partial charge in [0.1, 0.15) is 5.82 Å². The highest BCUT2D eigenvalue weighted by molar-refractivity contribution is 6.24. The molecule has 146 valence electrons. The summed E-state index contributed by atoms with van der Waals surface area (Å²) in [5, 5.41) is 11.5. The van der Waals surface area contributed by atoms with E-state index in [1.807, 2.05) is 30.3 Å². The number of hydroxylamine groups is 1. The Balaban J connectivity index is 1.78. The van der Waals surface area contributed by atoms with Gasteiger partial charge in [-0.25, -0.2) is 9.87 Å². The molecule has 3 aromatic rings. The number of amides is 2. The van der Waals surface area contributed by atoms with Crippen LogP contribution in [0.2, 0.25) is 0 Å². The normalized spacial score (nSPS) is 11.0. The van der Waals surface area contributed by atoms with E-state index in [4.69, 9.17) is 5.21 Å². The monoisotopic (exact) mass is 390 g/mol. The SMILES string of the molecule is O=C(NCc1ccc(C(=O)NO)cc1)/C(=C/c1ccc(F)cc1)c1ccccc1. The van der Waals surface area contributed by atoms with Crippen molar-refractivity contribution >= 4 is 23.5 Å². The summed E-state index contributed by atoms with van der Waals surface area (Å²) >= 11 is 0.